The maximum Gasteiger partial charge on any atom is 1.00 e. The Morgan fingerprint density at radius 3 is 2.67 bits per heavy atom. The Kier molecular flexibility index (Phi) is 11.7. The Morgan fingerprint density at radius 2 is 1.92 bits per heavy atom. The van der Waals surface area contributed by atoms with Gasteiger partial charge in [-0.05, 0) is 54.9 Å². The van der Waals surface area contributed by atoms with Crippen molar-refractivity contribution >= 4 is 24.4 Å². The number of nitrogens with one attached hydrogen (secondary N) is 2. The van der Waals surface area contributed by atoms with Crippen LogP contribution >= 0.6 is 0 Å². The summed E-state index contributed by atoms with van der Waals surface area (Å²) in [6.45, 7) is 7.11. The van der Waals surface area contributed by atoms with Crippen LogP contribution in [0.4, 0.5) is 4.79 Å². The second-order valence-electron chi connectivity index (χ2n) is 10.3. The molecule has 2 N–H and O–H groups in total. The van der Waals surface area contributed by atoms with Crippen molar-refractivity contribution in [2.45, 2.75) is 65.1 Å². The van der Waals surface area contributed by atoms with Crippen LogP contribution in [0.25, 0.3) is 0 Å². The van der Waals surface area contributed by atoms with Gasteiger partial charge < -0.3 is 41.6 Å². The zero-order chi connectivity index (χ0) is 26.9. The minimum Gasteiger partial charge on any atom is -0.496 e. The third-order valence-electron chi connectivity index (χ3n) is 6.96. The number of carbonyl (C=O) groups excluding carboxylic acids is 2. The number of piperidine rings is 1. The summed E-state index contributed by atoms with van der Waals surface area (Å²) in [5.41, 5.74) is 3.13. The van der Waals surface area contributed by atoms with E-state index in [1.807, 2.05) is 40.2 Å². The molecule has 0 radical (unpaired) electrons. The van der Waals surface area contributed by atoms with Gasteiger partial charge in [0, 0.05) is 26.2 Å². The summed E-state index contributed by atoms with van der Waals surface area (Å²) in [6.07, 6.45) is 16.6. The van der Waals surface area contributed by atoms with E-state index < -0.39 is 6.17 Å². The van der Waals surface area contributed by atoms with Crippen LogP contribution in [-0.2, 0) is 13.0 Å². The van der Waals surface area contributed by atoms with Crippen LogP contribution in [0.3, 0.4) is 0 Å². The topological polar surface area (TPSA) is 98.6 Å². The van der Waals surface area contributed by atoms with Crippen molar-refractivity contribution in [3.63, 3.8) is 0 Å². The van der Waals surface area contributed by atoms with Gasteiger partial charge in [-0.25, -0.2) is 4.79 Å². The number of nitrogens with zero attached hydrogens (tertiary/aromatic N) is 4. The number of allylic oxidation sites excluding steroid dienone is 3. The number of fused-ring (bicyclic) bond motifs is 1. The molecule has 0 saturated carbocycles. The minimum atomic E-state index is -0.447. The Balaban J connectivity index is 0.00000420. The fourth-order valence-corrected chi connectivity index (χ4v) is 4.80. The molecule has 1 saturated heterocycles. The van der Waals surface area contributed by atoms with Gasteiger partial charge in [0.2, 0.25) is 0 Å². The van der Waals surface area contributed by atoms with E-state index in [0.29, 0.717) is 36.0 Å². The summed E-state index contributed by atoms with van der Waals surface area (Å²) in [6, 6.07) is 3.88. The van der Waals surface area contributed by atoms with E-state index in [2.05, 4.69) is 47.1 Å². The van der Waals surface area contributed by atoms with E-state index in [1.54, 1.807) is 7.11 Å². The van der Waals surface area contributed by atoms with Crippen molar-refractivity contribution in [2.24, 2.45) is 16.1 Å². The summed E-state index contributed by atoms with van der Waals surface area (Å²) in [5.74, 6) is 0.842. The predicted octanol–water partition coefficient (Wildman–Crippen LogP) is 1.01. The molecule has 0 aromatic heterocycles. The average Bonchev–Trinajstić information content (AvgIpc) is 2.94. The van der Waals surface area contributed by atoms with Crippen LogP contribution in [0.2, 0.25) is 0 Å². The molecule has 1 aromatic carbocycles. The van der Waals surface area contributed by atoms with Gasteiger partial charge in [0.05, 0.1) is 12.7 Å². The van der Waals surface area contributed by atoms with Crippen molar-refractivity contribution in [1.82, 2.24) is 20.4 Å². The largest absolute Gasteiger partial charge is 1.00 e. The standard InChI is InChI=1S/C29H38N6O3.Li/c1-21(2)9-8-13-30-31-19-24-10-7-11-27(32-24)33-28(36)25-17-23-20-35(16-12-22(23)18-26(25)38-3)29(37)34-14-5-4-6-15-34;/h7,10-11,17-18,21,27,32H,4-6,8-9,12,14-16,20H2,1-3H3,(H,33,36);/q-2;+1. The average molecular weight is 526 g/mol. The van der Waals surface area contributed by atoms with Crippen LogP contribution in [0.15, 0.2) is 46.3 Å². The van der Waals surface area contributed by atoms with Gasteiger partial charge in [0.15, 0.2) is 0 Å². The molecular weight excluding hydrogens is 487 g/mol. The van der Waals surface area contributed by atoms with E-state index in [9.17, 15) is 9.59 Å². The molecule has 0 spiro atoms. The van der Waals surface area contributed by atoms with Crippen molar-refractivity contribution in [3.8, 4) is 5.75 Å². The molecule has 10 heteroatoms. The first-order chi connectivity index (χ1) is 18.4. The molecule has 3 aliphatic rings. The van der Waals surface area contributed by atoms with Gasteiger partial charge in [-0.2, -0.15) is 12.5 Å². The molecule has 0 aliphatic carbocycles. The van der Waals surface area contributed by atoms with Crippen molar-refractivity contribution in [3.05, 3.63) is 52.7 Å². The second-order valence-corrected chi connectivity index (χ2v) is 10.3. The summed E-state index contributed by atoms with van der Waals surface area (Å²) in [4.78, 5) is 30.2. The third-order valence-corrected chi connectivity index (χ3v) is 6.96. The number of benzene rings is 1. The number of ether oxygens (including phenoxy) is 1. The normalized spacial score (nSPS) is 19.0. The molecule has 3 heterocycles. The van der Waals surface area contributed by atoms with Crippen LogP contribution in [-0.4, -0.2) is 67.1 Å². The SMILES string of the molecule is COc1cc2c(cc1C(=O)NC1C=CC=C([C-]=NN=[C-]CCC(C)C)N1)CN(C(=O)N1CCCCC1)CC2.[Li+]. The summed E-state index contributed by atoms with van der Waals surface area (Å²) < 4.78 is 5.57. The molecule has 1 fully saturated rings. The van der Waals surface area contributed by atoms with E-state index in [0.717, 1.165) is 56.3 Å². The molecule has 3 amide bonds. The third kappa shape index (κ3) is 8.48. The fraction of sp³-hybridized carbons (Fsp3) is 0.517. The van der Waals surface area contributed by atoms with Gasteiger partial charge in [-0.15, -0.1) is 18.0 Å². The first kappa shape index (κ1) is 30.5. The van der Waals surface area contributed by atoms with Gasteiger partial charge in [-0.3, -0.25) is 4.79 Å². The number of urea groups is 1. The predicted molar refractivity (Wildman–Crippen MR) is 148 cm³/mol. The summed E-state index contributed by atoms with van der Waals surface area (Å²) >= 11 is 0. The van der Waals surface area contributed by atoms with Crippen LogP contribution < -0.4 is 34.2 Å². The molecular formula is C29H38LiN6O3-. The maximum atomic E-state index is 13.3. The Labute approximate surface area is 244 Å². The van der Waals surface area contributed by atoms with Gasteiger partial charge in [0.25, 0.3) is 5.91 Å². The Hall–Kier alpha value is -3.02. The van der Waals surface area contributed by atoms with Crippen LogP contribution in [0.1, 0.15) is 67.4 Å². The summed E-state index contributed by atoms with van der Waals surface area (Å²) in [7, 11) is 1.57. The molecule has 3 aliphatic heterocycles. The number of dihydropyridines is 1. The number of hydrogen-bond acceptors (Lipinski definition) is 6. The molecule has 1 atom stereocenters. The minimum absolute atomic E-state index is 0. The number of likely N-dealkylation sites (tertiary alicyclic amines) is 1. The van der Waals surface area contributed by atoms with Crippen LogP contribution in [0, 0.1) is 5.92 Å². The molecule has 0 bridgehead atoms. The van der Waals surface area contributed by atoms with E-state index >= 15 is 0 Å². The number of carbonyl (C=O) groups is 2. The fourth-order valence-electron chi connectivity index (χ4n) is 4.80. The Bertz CT molecular complexity index is 1120. The quantitative estimate of drug-likeness (QED) is 0.229. The zero-order valence-corrected chi connectivity index (χ0v) is 23.6. The van der Waals surface area contributed by atoms with Gasteiger partial charge >= 0.3 is 24.9 Å². The molecule has 4 rings (SSSR count). The van der Waals surface area contributed by atoms with Crippen molar-refractivity contribution in [1.29, 1.82) is 0 Å². The smallest absolute Gasteiger partial charge is 0.496 e. The Morgan fingerprint density at radius 1 is 1.13 bits per heavy atom. The number of amides is 3. The van der Waals surface area contributed by atoms with E-state index in [-0.39, 0.29) is 30.8 Å². The van der Waals surface area contributed by atoms with Gasteiger partial charge in [0.1, 0.15) is 11.9 Å². The first-order valence-electron chi connectivity index (χ1n) is 13.5. The second kappa shape index (κ2) is 14.9. The first-order valence-corrected chi connectivity index (χ1v) is 13.5. The number of hydrogen-bond donors (Lipinski definition) is 2. The number of methoxy groups -OCH3 is 1. The van der Waals surface area contributed by atoms with E-state index in [4.69, 9.17) is 4.74 Å². The summed E-state index contributed by atoms with van der Waals surface area (Å²) in [5, 5.41) is 14.0. The molecule has 1 unspecified atom stereocenters. The molecule has 9 nitrogen and oxygen atoms in total. The van der Waals surface area contributed by atoms with Crippen LogP contribution in [0.5, 0.6) is 5.75 Å². The maximum absolute atomic E-state index is 13.3. The van der Waals surface area contributed by atoms with Gasteiger partial charge in [-0.1, -0.05) is 26.3 Å². The molecule has 39 heavy (non-hydrogen) atoms. The molecule has 204 valence electrons. The zero-order valence-electron chi connectivity index (χ0n) is 23.6. The van der Waals surface area contributed by atoms with E-state index in [1.165, 1.54) is 6.42 Å². The monoisotopic (exact) mass is 525 g/mol. The van der Waals surface area contributed by atoms with Crippen molar-refractivity contribution < 1.29 is 33.2 Å². The van der Waals surface area contributed by atoms with Crippen molar-refractivity contribution in [2.75, 3.05) is 26.7 Å². The number of rotatable bonds is 8. The molecule has 1 aromatic rings.